The fraction of sp³-hybridized carbons (Fsp3) is 0. The van der Waals surface area contributed by atoms with Crippen LogP contribution >= 0.6 is 11.3 Å². The molecule has 0 aliphatic carbocycles. The number of thiophene rings is 1. The molecular formula is C8H6N2O3S. The van der Waals surface area contributed by atoms with Crippen LogP contribution in [0.1, 0.15) is 15.9 Å². The van der Waals surface area contributed by atoms with Gasteiger partial charge in [-0.1, -0.05) is 5.92 Å². The number of primary amides is 1. The summed E-state index contributed by atoms with van der Waals surface area (Å²) in [6, 6.07) is -0.821. The summed E-state index contributed by atoms with van der Waals surface area (Å²) in [6.07, 6.45) is 5.08. The lowest BCUT2D eigenvalue weighted by molar-refractivity contribution is 0.0698. The van der Waals surface area contributed by atoms with E-state index in [2.05, 4.69) is 11.2 Å². The van der Waals surface area contributed by atoms with E-state index in [1.54, 1.807) is 0 Å². The molecule has 0 aliphatic rings. The molecule has 0 aliphatic heterocycles. The number of nitrogens with one attached hydrogen (secondary N) is 1. The van der Waals surface area contributed by atoms with Crippen molar-refractivity contribution in [1.29, 1.82) is 0 Å². The van der Waals surface area contributed by atoms with Crippen molar-refractivity contribution in [3.8, 4) is 12.3 Å². The van der Waals surface area contributed by atoms with Gasteiger partial charge >= 0.3 is 12.0 Å². The monoisotopic (exact) mass is 210 g/mol. The number of carbonyl (C=O) groups is 2. The summed E-state index contributed by atoms with van der Waals surface area (Å²) in [6.45, 7) is 0. The van der Waals surface area contributed by atoms with E-state index in [9.17, 15) is 9.59 Å². The Morgan fingerprint density at radius 1 is 1.64 bits per heavy atom. The number of hydrogen-bond donors (Lipinski definition) is 3. The van der Waals surface area contributed by atoms with Gasteiger partial charge in [0, 0.05) is 5.38 Å². The molecule has 72 valence electrons. The van der Waals surface area contributed by atoms with Crippen molar-refractivity contribution in [1.82, 2.24) is 0 Å². The zero-order valence-electron chi connectivity index (χ0n) is 6.90. The molecule has 1 heterocycles. The van der Waals surface area contributed by atoms with Crippen molar-refractivity contribution in [2.75, 3.05) is 5.32 Å². The number of carbonyl (C=O) groups excluding carboxylic acids is 1. The Hall–Kier alpha value is -2.00. The molecule has 5 nitrogen and oxygen atoms in total. The molecule has 1 rings (SSSR count). The molecule has 2 amide bonds. The van der Waals surface area contributed by atoms with Gasteiger partial charge in [-0.15, -0.1) is 17.8 Å². The summed E-state index contributed by atoms with van der Waals surface area (Å²) < 4.78 is 0. The maximum atomic E-state index is 10.8. The summed E-state index contributed by atoms with van der Waals surface area (Å²) in [4.78, 5) is 21.3. The number of amides is 2. The van der Waals surface area contributed by atoms with Crippen molar-refractivity contribution in [2.24, 2.45) is 5.73 Å². The minimum absolute atomic E-state index is 0.101. The van der Waals surface area contributed by atoms with Gasteiger partial charge in [0.2, 0.25) is 0 Å². The number of aromatic carboxylic acids is 1. The number of anilines is 1. The molecule has 14 heavy (non-hydrogen) atoms. The standard InChI is InChI=1S/C8H6N2O3S/c1-2-4-3-14-6(10-8(9)13)5(4)7(11)12/h1,3H,(H,11,12)(H3,9,10,13). The number of hydrogen-bond acceptors (Lipinski definition) is 3. The predicted molar refractivity (Wildman–Crippen MR) is 52.4 cm³/mol. The number of urea groups is 1. The van der Waals surface area contributed by atoms with Gasteiger partial charge in [0.05, 0.1) is 5.56 Å². The Balaban J connectivity index is 3.19. The zero-order valence-corrected chi connectivity index (χ0v) is 7.72. The first-order valence-corrected chi connectivity index (χ1v) is 4.32. The number of carboxylic acids is 1. The van der Waals surface area contributed by atoms with Gasteiger partial charge in [0.25, 0.3) is 0 Å². The van der Waals surface area contributed by atoms with E-state index < -0.39 is 12.0 Å². The average Bonchev–Trinajstić information content (AvgIpc) is 2.46. The van der Waals surface area contributed by atoms with Gasteiger partial charge < -0.3 is 10.8 Å². The van der Waals surface area contributed by atoms with Crippen molar-refractivity contribution in [3.63, 3.8) is 0 Å². The SMILES string of the molecule is C#Cc1csc(NC(N)=O)c1C(=O)O. The van der Waals surface area contributed by atoms with Gasteiger partial charge in [-0.05, 0) is 0 Å². The molecule has 0 saturated carbocycles. The van der Waals surface area contributed by atoms with Crippen LogP contribution in [0.3, 0.4) is 0 Å². The molecule has 0 saturated heterocycles. The minimum Gasteiger partial charge on any atom is -0.478 e. The molecular weight excluding hydrogens is 204 g/mol. The van der Waals surface area contributed by atoms with Gasteiger partial charge in [-0.2, -0.15) is 0 Å². The fourth-order valence-corrected chi connectivity index (χ4v) is 1.78. The lowest BCUT2D eigenvalue weighted by Gasteiger charge is -1.99. The molecule has 4 N–H and O–H groups in total. The summed E-state index contributed by atoms with van der Waals surface area (Å²) in [5.74, 6) is 1.02. The van der Waals surface area contributed by atoms with E-state index in [1.165, 1.54) is 5.38 Å². The van der Waals surface area contributed by atoms with Crippen molar-refractivity contribution in [2.45, 2.75) is 0 Å². The third-order valence-electron chi connectivity index (χ3n) is 1.40. The van der Waals surface area contributed by atoms with Crippen LogP contribution in [-0.2, 0) is 0 Å². The van der Waals surface area contributed by atoms with Crippen LogP contribution < -0.4 is 11.1 Å². The fourth-order valence-electron chi connectivity index (χ4n) is 0.880. The highest BCUT2D eigenvalue weighted by Crippen LogP contribution is 2.27. The third-order valence-corrected chi connectivity index (χ3v) is 2.29. The maximum absolute atomic E-state index is 10.8. The Bertz CT molecular complexity index is 430. The second kappa shape index (κ2) is 3.81. The molecule has 0 aromatic carbocycles. The number of terminal acetylenes is 1. The number of nitrogens with two attached hydrogens (primary N) is 1. The van der Waals surface area contributed by atoms with Crippen LogP contribution in [0.2, 0.25) is 0 Å². The van der Waals surface area contributed by atoms with Gasteiger partial charge in [-0.3, -0.25) is 5.32 Å². The van der Waals surface area contributed by atoms with E-state index >= 15 is 0 Å². The minimum atomic E-state index is -1.19. The lowest BCUT2D eigenvalue weighted by Crippen LogP contribution is -2.20. The normalized spacial score (nSPS) is 9.07. The molecule has 0 atom stereocenters. The van der Waals surface area contributed by atoms with E-state index in [0.29, 0.717) is 0 Å². The second-order valence-corrected chi connectivity index (χ2v) is 3.17. The molecule has 1 aromatic heterocycles. The summed E-state index contributed by atoms with van der Waals surface area (Å²) in [5, 5.41) is 12.6. The van der Waals surface area contributed by atoms with Gasteiger partial charge in [0.1, 0.15) is 10.6 Å². The topological polar surface area (TPSA) is 92.4 Å². The largest absolute Gasteiger partial charge is 0.478 e. The summed E-state index contributed by atoms with van der Waals surface area (Å²) in [7, 11) is 0. The Kier molecular flexibility index (Phi) is 2.74. The van der Waals surface area contributed by atoms with Crippen LogP contribution in [0.4, 0.5) is 9.80 Å². The Morgan fingerprint density at radius 2 is 2.29 bits per heavy atom. The van der Waals surface area contributed by atoms with Gasteiger partial charge in [0.15, 0.2) is 0 Å². The molecule has 0 fully saturated rings. The van der Waals surface area contributed by atoms with E-state index in [0.717, 1.165) is 11.3 Å². The first-order chi connectivity index (χ1) is 6.56. The van der Waals surface area contributed by atoms with Crippen molar-refractivity contribution < 1.29 is 14.7 Å². The van der Waals surface area contributed by atoms with E-state index in [1.807, 2.05) is 0 Å². The molecule has 6 heteroatoms. The average molecular weight is 210 g/mol. The summed E-state index contributed by atoms with van der Waals surface area (Å²) >= 11 is 1.02. The number of carboxylic acid groups (broad SMARTS) is 1. The lowest BCUT2D eigenvalue weighted by atomic mass is 10.2. The maximum Gasteiger partial charge on any atom is 0.340 e. The predicted octanol–water partition coefficient (Wildman–Crippen LogP) is 0.918. The molecule has 0 unspecified atom stereocenters. The molecule has 0 radical (unpaired) electrons. The second-order valence-electron chi connectivity index (χ2n) is 2.29. The van der Waals surface area contributed by atoms with Crippen LogP contribution in [0.15, 0.2) is 5.38 Å². The van der Waals surface area contributed by atoms with Crippen LogP contribution in [0, 0.1) is 12.3 Å². The molecule has 1 aromatic rings. The van der Waals surface area contributed by atoms with Crippen LogP contribution in [-0.4, -0.2) is 17.1 Å². The first kappa shape index (κ1) is 10.1. The highest BCUT2D eigenvalue weighted by molar-refractivity contribution is 7.15. The van der Waals surface area contributed by atoms with E-state index in [4.69, 9.17) is 17.3 Å². The Labute approximate surface area is 83.5 Å². The van der Waals surface area contributed by atoms with Crippen LogP contribution in [0.5, 0.6) is 0 Å². The van der Waals surface area contributed by atoms with Crippen LogP contribution in [0.25, 0.3) is 0 Å². The Morgan fingerprint density at radius 3 is 2.71 bits per heavy atom. The molecule has 0 spiro atoms. The van der Waals surface area contributed by atoms with Crippen molar-refractivity contribution in [3.05, 3.63) is 16.5 Å². The highest BCUT2D eigenvalue weighted by Gasteiger charge is 2.17. The smallest absolute Gasteiger partial charge is 0.340 e. The van der Waals surface area contributed by atoms with Crippen molar-refractivity contribution >= 4 is 28.3 Å². The zero-order chi connectivity index (χ0) is 10.7. The van der Waals surface area contributed by atoms with E-state index in [-0.39, 0.29) is 16.1 Å². The highest BCUT2D eigenvalue weighted by atomic mass is 32.1. The first-order valence-electron chi connectivity index (χ1n) is 3.44. The quantitative estimate of drug-likeness (QED) is 0.633. The number of rotatable bonds is 2. The van der Waals surface area contributed by atoms with Gasteiger partial charge in [-0.25, -0.2) is 9.59 Å². The molecule has 0 bridgehead atoms. The summed E-state index contributed by atoms with van der Waals surface area (Å²) in [5.41, 5.74) is 4.98. The third kappa shape index (κ3) is 1.84.